The Morgan fingerprint density at radius 3 is 2.60 bits per heavy atom. The van der Waals surface area contributed by atoms with Gasteiger partial charge in [0.15, 0.2) is 0 Å². The Morgan fingerprint density at radius 1 is 1.45 bits per heavy atom. The molecule has 1 aliphatic rings. The summed E-state index contributed by atoms with van der Waals surface area (Å²) in [6, 6.07) is 1.64. The molecule has 20 heavy (non-hydrogen) atoms. The molecule has 0 unspecified atom stereocenters. The maximum Gasteiger partial charge on any atom is 0.254 e. The number of sulfonamides is 1. The van der Waals surface area contributed by atoms with Gasteiger partial charge in [-0.15, -0.1) is 0 Å². The predicted molar refractivity (Wildman–Crippen MR) is 72.5 cm³/mol. The van der Waals surface area contributed by atoms with Crippen LogP contribution in [0.4, 0.5) is 4.39 Å². The van der Waals surface area contributed by atoms with Crippen LogP contribution >= 0.6 is 11.6 Å². The molecule has 0 spiro atoms. The second kappa shape index (κ2) is 5.67. The molecule has 0 aromatic heterocycles. The summed E-state index contributed by atoms with van der Waals surface area (Å²) in [5, 5.41) is 7.20. The van der Waals surface area contributed by atoms with Gasteiger partial charge in [0.1, 0.15) is 10.7 Å². The van der Waals surface area contributed by atoms with E-state index in [1.54, 1.807) is 0 Å². The normalized spacial score (nSPS) is 15.8. The number of hydrogen-bond acceptors (Lipinski definition) is 3. The van der Waals surface area contributed by atoms with Gasteiger partial charge in [-0.1, -0.05) is 18.0 Å². The number of carbonyl (C=O) groups excluding carboxylic acids is 1. The lowest BCUT2D eigenvalue weighted by molar-refractivity contribution is 0.0935. The fraction of sp³-hybridized carbons (Fsp3) is 0.417. The van der Waals surface area contributed by atoms with Crippen molar-refractivity contribution in [3.63, 3.8) is 0 Å². The fourth-order valence-electron chi connectivity index (χ4n) is 1.95. The van der Waals surface area contributed by atoms with Crippen molar-refractivity contribution in [2.75, 3.05) is 6.54 Å². The Morgan fingerprint density at radius 2 is 2.10 bits per heavy atom. The lowest BCUT2D eigenvalue weighted by Crippen LogP contribution is -2.32. The van der Waals surface area contributed by atoms with Crippen molar-refractivity contribution in [1.82, 2.24) is 5.32 Å². The highest BCUT2D eigenvalue weighted by molar-refractivity contribution is 7.89. The highest BCUT2D eigenvalue weighted by atomic mass is 35.5. The largest absolute Gasteiger partial charge is 0.352 e. The summed E-state index contributed by atoms with van der Waals surface area (Å²) >= 11 is 5.62. The lowest BCUT2D eigenvalue weighted by Gasteiger charge is -2.25. The lowest BCUT2D eigenvalue weighted by atomic mass is 9.85. The van der Waals surface area contributed by atoms with E-state index < -0.39 is 26.6 Å². The minimum Gasteiger partial charge on any atom is -0.352 e. The van der Waals surface area contributed by atoms with E-state index in [1.807, 2.05) is 0 Å². The van der Waals surface area contributed by atoms with Crippen molar-refractivity contribution >= 4 is 27.5 Å². The van der Waals surface area contributed by atoms with E-state index >= 15 is 0 Å². The van der Waals surface area contributed by atoms with Crippen molar-refractivity contribution in [1.29, 1.82) is 0 Å². The first-order chi connectivity index (χ1) is 9.29. The molecule has 0 radical (unpaired) electrons. The van der Waals surface area contributed by atoms with Crippen LogP contribution in [0.2, 0.25) is 5.02 Å². The van der Waals surface area contributed by atoms with E-state index in [-0.39, 0.29) is 10.6 Å². The van der Waals surface area contributed by atoms with E-state index in [1.165, 1.54) is 0 Å². The Kier molecular flexibility index (Phi) is 4.31. The quantitative estimate of drug-likeness (QED) is 0.884. The van der Waals surface area contributed by atoms with Gasteiger partial charge >= 0.3 is 0 Å². The number of nitrogens with one attached hydrogen (secondary N) is 1. The van der Waals surface area contributed by atoms with Gasteiger partial charge in [0, 0.05) is 6.54 Å². The third kappa shape index (κ3) is 3.28. The summed E-state index contributed by atoms with van der Waals surface area (Å²) < 4.78 is 36.3. The minimum atomic E-state index is -4.11. The van der Waals surface area contributed by atoms with Gasteiger partial charge in [0.05, 0.1) is 10.6 Å². The van der Waals surface area contributed by atoms with Gasteiger partial charge in [-0.25, -0.2) is 17.9 Å². The van der Waals surface area contributed by atoms with Crippen LogP contribution in [0.3, 0.4) is 0 Å². The second-order valence-electron chi connectivity index (χ2n) is 4.81. The SMILES string of the molecule is NS(=O)(=O)c1cc(C(=O)NCC2CCC2)c(F)cc1Cl. The maximum absolute atomic E-state index is 13.7. The van der Waals surface area contributed by atoms with Crippen molar-refractivity contribution in [2.45, 2.75) is 24.2 Å². The van der Waals surface area contributed by atoms with Crippen LogP contribution in [0.15, 0.2) is 17.0 Å². The summed E-state index contributed by atoms with van der Waals surface area (Å²) in [6.45, 7) is 0.450. The van der Waals surface area contributed by atoms with Crippen molar-refractivity contribution in [2.24, 2.45) is 11.1 Å². The third-order valence-corrected chi connectivity index (χ3v) is 4.72. The van der Waals surface area contributed by atoms with Gasteiger partial charge in [-0.2, -0.15) is 0 Å². The number of rotatable bonds is 4. The topological polar surface area (TPSA) is 89.3 Å². The first-order valence-electron chi connectivity index (χ1n) is 6.09. The average Bonchev–Trinajstić information content (AvgIpc) is 2.24. The number of benzene rings is 1. The average molecular weight is 321 g/mol. The van der Waals surface area contributed by atoms with E-state index in [9.17, 15) is 17.6 Å². The van der Waals surface area contributed by atoms with Gasteiger partial charge in [-0.05, 0) is 30.9 Å². The first kappa shape index (κ1) is 15.2. The van der Waals surface area contributed by atoms with Crippen LogP contribution in [0.1, 0.15) is 29.6 Å². The van der Waals surface area contributed by atoms with Crippen molar-refractivity contribution in [3.05, 3.63) is 28.5 Å². The maximum atomic E-state index is 13.7. The predicted octanol–water partition coefficient (Wildman–Crippen LogP) is 1.66. The van der Waals surface area contributed by atoms with E-state index in [0.717, 1.165) is 31.4 Å². The minimum absolute atomic E-state index is 0.347. The Bertz CT molecular complexity index is 644. The smallest absolute Gasteiger partial charge is 0.254 e. The van der Waals surface area contributed by atoms with E-state index in [2.05, 4.69) is 5.32 Å². The molecule has 8 heteroatoms. The molecule has 3 N–H and O–H groups in total. The molecule has 1 fully saturated rings. The highest BCUT2D eigenvalue weighted by Gasteiger charge is 2.22. The van der Waals surface area contributed by atoms with E-state index in [4.69, 9.17) is 16.7 Å². The molecule has 2 rings (SSSR count). The van der Waals surface area contributed by atoms with Crippen LogP contribution < -0.4 is 10.5 Å². The van der Waals surface area contributed by atoms with Gasteiger partial charge < -0.3 is 5.32 Å². The zero-order valence-electron chi connectivity index (χ0n) is 10.5. The summed E-state index contributed by atoms with van der Waals surface area (Å²) in [6.07, 6.45) is 3.20. The summed E-state index contributed by atoms with van der Waals surface area (Å²) in [5.41, 5.74) is -0.377. The number of amides is 1. The number of primary sulfonamides is 1. The number of hydrogen-bond donors (Lipinski definition) is 2. The number of halogens is 2. The Balaban J connectivity index is 2.23. The molecule has 1 amide bonds. The van der Waals surface area contributed by atoms with Crippen LogP contribution in [0, 0.1) is 11.7 Å². The number of carbonyl (C=O) groups is 1. The Hall–Kier alpha value is -1.18. The molecule has 1 aromatic carbocycles. The summed E-state index contributed by atoms with van der Waals surface area (Å²) in [4.78, 5) is 11.4. The first-order valence-corrected chi connectivity index (χ1v) is 8.01. The number of nitrogens with two attached hydrogens (primary N) is 1. The van der Waals surface area contributed by atoms with Gasteiger partial charge in [0.25, 0.3) is 5.91 Å². The molecule has 1 aliphatic carbocycles. The Labute approximate surface area is 121 Å². The molecule has 1 saturated carbocycles. The van der Waals surface area contributed by atoms with Crippen molar-refractivity contribution < 1.29 is 17.6 Å². The third-order valence-electron chi connectivity index (χ3n) is 3.35. The molecule has 5 nitrogen and oxygen atoms in total. The van der Waals surface area contributed by atoms with Crippen molar-refractivity contribution in [3.8, 4) is 0 Å². The van der Waals surface area contributed by atoms with Crippen LogP contribution in [0.5, 0.6) is 0 Å². The molecule has 0 aliphatic heterocycles. The summed E-state index contributed by atoms with van der Waals surface area (Å²) in [5.74, 6) is -1.14. The van der Waals surface area contributed by atoms with Gasteiger partial charge in [-0.3, -0.25) is 4.79 Å². The molecular formula is C12H14ClFN2O3S. The van der Waals surface area contributed by atoms with Gasteiger partial charge in [0.2, 0.25) is 10.0 Å². The second-order valence-corrected chi connectivity index (χ2v) is 6.75. The monoisotopic (exact) mass is 320 g/mol. The molecule has 0 bridgehead atoms. The molecular weight excluding hydrogens is 307 g/mol. The summed E-state index contributed by atoms with van der Waals surface area (Å²) in [7, 11) is -4.11. The van der Waals surface area contributed by atoms with Crippen LogP contribution in [0.25, 0.3) is 0 Å². The van der Waals surface area contributed by atoms with E-state index in [0.29, 0.717) is 12.5 Å². The molecule has 1 aromatic rings. The zero-order valence-corrected chi connectivity index (χ0v) is 12.1. The molecule has 0 saturated heterocycles. The fourth-order valence-corrected chi connectivity index (χ4v) is 3.04. The van der Waals surface area contributed by atoms with Crippen LogP contribution in [-0.4, -0.2) is 20.9 Å². The standard InChI is InChI=1S/C12H14ClFN2O3S/c13-9-5-10(14)8(4-11(9)20(15,18)19)12(17)16-6-7-2-1-3-7/h4-5,7H,1-3,6H2,(H,16,17)(H2,15,18,19). The highest BCUT2D eigenvalue weighted by Crippen LogP contribution is 2.26. The molecule has 110 valence electrons. The zero-order chi connectivity index (χ0) is 14.9. The molecule has 0 heterocycles. The molecule has 0 atom stereocenters. The van der Waals surface area contributed by atoms with Crippen LogP contribution in [-0.2, 0) is 10.0 Å².